The van der Waals surface area contributed by atoms with Gasteiger partial charge in [-0.15, -0.1) is 0 Å². The van der Waals surface area contributed by atoms with Crippen molar-refractivity contribution in [3.63, 3.8) is 0 Å². The summed E-state index contributed by atoms with van der Waals surface area (Å²) in [5, 5.41) is 8.57. The largest absolute Gasteiger partial charge is 0.465 e. The summed E-state index contributed by atoms with van der Waals surface area (Å²) in [4.78, 5) is 13.3. The van der Waals surface area contributed by atoms with Crippen LogP contribution in [-0.2, 0) is 0 Å². The fourth-order valence-electron chi connectivity index (χ4n) is 1.32. The first-order chi connectivity index (χ1) is 6.09. The molecule has 0 radical (unpaired) electrons. The van der Waals surface area contributed by atoms with E-state index in [1.807, 2.05) is 0 Å². The number of halogens is 2. The van der Waals surface area contributed by atoms with Gasteiger partial charge in [-0.05, 0) is 0 Å². The highest BCUT2D eigenvalue weighted by atomic mass is 19.3. The molecule has 0 aromatic rings. The van der Waals surface area contributed by atoms with Gasteiger partial charge in [-0.25, -0.2) is 13.6 Å². The summed E-state index contributed by atoms with van der Waals surface area (Å²) in [6.45, 7) is 1.19. The van der Waals surface area contributed by atoms with E-state index in [0.717, 1.165) is 0 Å². The number of nitrogens with zero attached hydrogens (tertiary/aromatic N) is 2. The number of rotatable bonds is 2. The molecule has 1 amide bonds. The van der Waals surface area contributed by atoms with E-state index in [9.17, 15) is 13.6 Å². The average molecular weight is 194 g/mol. The van der Waals surface area contributed by atoms with Crippen LogP contribution in [0.15, 0.2) is 0 Å². The van der Waals surface area contributed by atoms with Crippen LogP contribution in [0.2, 0.25) is 0 Å². The Balaban J connectivity index is 2.26. The quantitative estimate of drug-likeness (QED) is 0.698. The van der Waals surface area contributed by atoms with Gasteiger partial charge in [0.15, 0.2) is 0 Å². The van der Waals surface area contributed by atoms with Crippen molar-refractivity contribution in [2.45, 2.75) is 6.43 Å². The number of hydrogen-bond donors (Lipinski definition) is 1. The highest BCUT2D eigenvalue weighted by molar-refractivity contribution is 5.65. The lowest BCUT2D eigenvalue weighted by Crippen LogP contribution is -2.49. The third-order valence-electron chi connectivity index (χ3n) is 2.04. The first kappa shape index (κ1) is 10.2. The van der Waals surface area contributed by atoms with Crippen LogP contribution < -0.4 is 0 Å². The molecular weight excluding hydrogens is 182 g/mol. The second-order valence-corrected chi connectivity index (χ2v) is 2.96. The molecule has 0 aliphatic carbocycles. The van der Waals surface area contributed by atoms with Crippen molar-refractivity contribution in [2.75, 3.05) is 32.7 Å². The molecule has 0 aromatic heterocycles. The van der Waals surface area contributed by atoms with Gasteiger partial charge < -0.3 is 10.0 Å². The molecule has 4 nitrogen and oxygen atoms in total. The zero-order chi connectivity index (χ0) is 9.84. The van der Waals surface area contributed by atoms with Gasteiger partial charge in [-0.3, -0.25) is 4.90 Å². The SMILES string of the molecule is O=C(O)N1CCN(CC(F)F)CC1. The summed E-state index contributed by atoms with van der Waals surface area (Å²) in [5.41, 5.74) is 0. The number of piperazine rings is 1. The van der Waals surface area contributed by atoms with Crippen LogP contribution in [0.5, 0.6) is 0 Å². The smallest absolute Gasteiger partial charge is 0.407 e. The van der Waals surface area contributed by atoms with Crippen LogP contribution in [0.3, 0.4) is 0 Å². The second-order valence-electron chi connectivity index (χ2n) is 2.96. The molecule has 0 bridgehead atoms. The molecule has 0 saturated carbocycles. The lowest BCUT2D eigenvalue weighted by Gasteiger charge is -2.32. The minimum absolute atomic E-state index is 0.256. The summed E-state index contributed by atoms with van der Waals surface area (Å²) < 4.78 is 23.8. The lowest BCUT2D eigenvalue weighted by molar-refractivity contribution is 0.0559. The minimum Gasteiger partial charge on any atom is -0.465 e. The van der Waals surface area contributed by atoms with Gasteiger partial charge in [-0.1, -0.05) is 0 Å². The van der Waals surface area contributed by atoms with Crippen molar-refractivity contribution in [3.05, 3.63) is 0 Å². The highest BCUT2D eigenvalue weighted by Gasteiger charge is 2.21. The maximum Gasteiger partial charge on any atom is 0.407 e. The molecule has 76 valence electrons. The molecule has 1 aliphatic heterocycles. The van der Waals surface area contributed by atoms with E-state index < -0.39 is 12.5 Å². The van der Waals surface area contributed by atoms with Crippen LogP contribution in [-0.4, -0.2) is 60.1 Å². The van der Waals surface area contributed by atoms with Gasteiger partial charge in [0.05, 0.1) is 6.54 Å². The maximum absolute atomic E-state index is 11.9. The molecule has 0 aromatic carbocycles. The summed E-state index contributed by atoms with van der Waals surface area (Å²) in [6.07, 6.45) is -3.31. The zero-order valence-electron chi connectivity index (χ0n) is 7.12. The third-order valence-corrected chi connectivity index (χ3v) is 2.04. The summed E-state index contributed by atoms with van der Waals surface area (Å²) in [6, 6.07) is 0. The molecule has 0 unspecified atom stereocenters. The molecular formula is C7H12F2N2O2. The van der Waals surface area contributed by atoms with Crippen molar-refractivity contribution in [1.29, 1.82) is 0 Å². The molecule has 1 aliphatic rings. The van der Waals surface area contributed by atoms with Crippen molar-refractivity contribution >= 4 is 6.09 Å². The standard InChI is InChI=1S/C7H12F2N2O2/c8-6(9)5-10-1-3-11(4-2-10)7(12)13/h6H,1-5H2,(H,12,13). The van der Waals surface area contributed by atoms with Crippen LogP contribution >= 0.6 is 0 Å². The second kappa shape index (κ2) is 4.36. The van der Waals surface area contributed by atoms with E-state index in [4.69, 9.17) is 5.11 Å². The summed E-state index contributed by atoms with van der Waals surface area (Å²) >= 11 is 0. The van der Waals surface area contributed by atoms with E-state index in [0.29, 0.717) is 26.2 Å². The monoisotopic (exact) mass is 194 g/mol. The normalized spacial score (nSPS) is 19.5. The Morgan fingerprint density at radius 1 is 1.31 bits per heavy atom. The Bertz CT molecular complexity index is 181. The Kier molecular flexibility index (Phi) is 3.41. The molecule has 1 fully saturated rings. The van der Waals surface area contributed by atoms with Gasteiger partial charge in [0.25, 0.3) is 6.43 Å². The lowest BCUT2D eigenvalue weighted by atomic mass is 10.3. The van der Waals surface area contributed by atoms with Gasteiger partial charge in [0.1, 0.15) is 0 Å². The van der Waals surface area contributed by atoms with Gasteiger partial charge in [0, 0.05) is 26.2 Å². The molecule has 1 heterocycles. The Hall–Kier alpha value is -0.910. The first-order valence-electron chi connectivity index (χ1n) is 4.08. The Morgan fingerprint density at radius 3 is 2.23 bits per heavy atom. The fraction of sp³-hybridized carbons (Fsp3) is 0.857. The third kappa shape index (κ3) is 3.14. The predicted molar refractivity (Wildman–Crippen MR) is 42.0 cm³/mol. The van der Waals surface area contributed by atoms with E-state index in [2.05, 4.69) is 0 Å². The number of hydrogen-bond acceptors (Lipinski definition) is 2. The van der Waals surface area contributed by atoms with Crippen LogP contribution in [0.1, 0.15) is 0 Å². The minimum atomic E-state index is -2.34. The van der Waals surface area contributed by atoms with Crippen LogP contribution in [0.4, 0.5) is 13.6 Å². The number of amides is 1. The maximum atomic E-state index is 11.9. The topological polar surface area (TPSA) is 43.8 Å². The van der Waals surface area contributed by atoms with Crippen LogP contribution in [0.25, 0.3) is 0 Å². The van der Waals surface area contributed by atoms with Crippen molar-refractivity contribution in [1.82, 2.24) is 9.80 Å². The Morgan fingerprint density at radius 2 is 1.85 bits per heavy atom. The van der Waals surface area contributed by atoms with Gasteiger partial charge >= 0.3 is 6.09 Å². The van der Waals surface area contributed by atoms with E-state index >= 15 is 0 Å². The van der Waals surface area contributed by atoms with Gasteiger partial charge in [0.2, 0.25) is 0 Å². The average Bonchev–Trinajstić information content (AvgIpc) is 2.04. The molecule has 1 saturated heterocycles. The van der Waals surface area contributed by atoms with Crippen molar-refractivity contribution in [2.24, 2.45) is 0 Å². The van der Waals surface area contributed by atoms with E-state index in [-0.39, 0.29) is 6.54 Å². The first-order valence-corrected chi connectivity index (χ1v) is 4.08. The van der Waals surface area contributed by atoms with E-state index in [1.165, 1.54) is 4.90 Å². The number of alkyl halides is 2. The Labute approximate surface area is 74.7 Å². The van der Waals surface area contributed by atoms with E-state index in [1.54, 1.807) is 4.90 Å². The zero-order valence-corrected chi connectivity index (χ0v) is 7.12. The summed E-state index contributed by atoms with van der Waals surface area (Å²) in [5.74, 6) is 0. The fourth-order valence-corrected chi connectivity index (χ4v) is 1.32. The predicted octanol–water partition coefficient (Wildman–Crippen LogP) is 0.547. The van der Waals surface area contributed by atoms with Gasteiger partial charge in [-0.2, -0.15) is 0 Å². The number of carbonyl (C=O) groups is 1. The highest BCUT2D eigenvalue weighted by Crippen LogP contribution is 2.04. The molecule has 1 N–H and O–H groups in total. The molecule has 6 heteroatoms. The molecule has 13 heavy (non-hydrogen) atoms. The van der Waals surface area contributed by atoms with Crippen LogP contribution in [0, 0.1) is 0 Å². The molecule has 0 spiro atoms. The summed E-state index contributed by atoms with van der Waals surface area (Å²) in [7, 11) is 0. The molecule has 1 rings (SSSR count). The van der Waals surface area contributed by atoms with Crippen molar-refractivity contribution < 1.29 is 18.7 Å². The van der Waals surface area contributed by atoms with Crippen molar-refractivity contribution in [3.8, 4) is 0 Å². The molecule has 0 atom stereocenters. The number of carboxylic acid groups (broad SMARTS) is 1.